The lowest BCUT2D eigenvalue weighted by Gasteiger charge is -2.25. The maximum absolute atomic E-state index is 14.0. The number of ketones is 1. The van der Waals surface area contributed by atoms with E-state index in [2.05, 4.69) is 4.98 Å². The van der Waals surface area contributed by atoms with Crippen LogP contribution in [-0.2, 0) is 15.0 Å². The third-order valence-electron chi connectivity index (χ3n) is 5.86. The first-order valence-corrected chi connectivity index (χ1v) is 11.4. The summed E-state index contributed by atoms with van der Waals surface area (Å²) in [5.41, 5.74) is 1.37. The molecule has 7 heteroatoms. The third kappa shape index (κ3) is 4.54. The Bertz CT molecular complexity index is 1310. The quantitative estimate of drug-likeness (QED) is 0.298. The molecular formula is C28H27FN2O4. The average Bonchev–Trinajstić information content (AvgIpc) is 3.09. The van der Waals surface area contributed by atoms with E-state index in [0.717, 1.165) is 5.56 Å². The van der Waals surface area contributed by atoms with E-state index in [1.54, 1.807) is 42.5 Å². The number of aliphatic hydroxyl groups excluding tert-OH is 1. The molecule has 1 unspecified atom stereocenters. The van der Waals surface area contributed by atoms with E-state index in [9.17, 15) is 19.1 Å². The number of rotatable bonds is 5. The molecular weight excluding hydrogens is 447 g/mol. The monoisotopic (exact) mass is 474 g/mol. The summed E-state index contributed by atoms with van der Waals surface area (Å²) >= 11 is 0. The molecule has 6 nitrogen and oxygen atoms in total. The summed E-state index contributed by atoms with van der Waals surface area (Å²) in [6.45, 7) is 8.43. The van der Waals surface area contributed by atoms with Crippen molar-refractivity contribution in [2.75, 3.05) is 11.5 Å². The maximum atomic E-state index is 14.0. The lowest BCUT2D eigenvalue weighted by Crippen LogP contribution is -2.29. The van der Waals surface area contributed by atoms with Crippen LogP contribution >= 0.6 is 0 Å². The average molecular weight is 475 g/mol. The van der Waals surface area contributed by atoms with Gasteiger partial charge in [-0.25, -0.2) is 4.39 Å². The first kappa shape index (κ1) is 24.1. The number of Topliss-reactive ketones (excluding diaryl/α,β-unsaturated/α-hetero) is 1. The summed E-state index contributed by atoms with van der Waals surface area (Å²) in [5.74, 6) is -1.93. The molecule has 2 heterocycles. The number of carbonyl (C=O) groups is 2. The number of aliphatic hydroxyl groups is 1. The van der Waals surface area contributed by atoms with Crippen LogP contribution in [0.4, 0.5) is 10.1 Å². The predicted molar refractivity (Wildman–Crippen MR) is 132 cm³/mol. The number of halogens is 1. The van der Waals surface area contributed by atoms with Crippen LogP contribution in [0.2, 0.25) is 0 Å². The normalized spacial score (nSPS) is 17.6. The van der Waals surface area contributed by atoms with Crippen LogP contribution in [0.5, 0.6) is 5.75 Å². The van der Waals surface area contributed by atoms with E-state index in [0.29, 0.717) is 23.6 Å². The van der Waals surface area contributed by atoms with Gasteiger partial charge in [-0.1, -0.05) is 32.9 Å². The van der Waals surface area contributed by atoms with Crippen molar-refractivity contribution >= 4 is 23.1 Å². The molecule has 1 N–H and O–H groups in total. The molecule has 1 aliphatic heterocycles. The van der Waals surface area contributed by atoms with Crippen LogP contribution in [0.3, 0.4) is 0 Å². The summed E-state index contributed by atoms with van der Waals surface area (Å²) in [6.07, 6.45) is 1.54. The number of amides is 1. The highest BCUT2D eigenvalue weighted by atomic mass is 19.1. The van der Waals surface area contributed by atoms with Gasteiger partial charge in [-0.15, -0.1) is 0 Å². The number of carbonyl (C=O) groups excluding carboxylic acids is 2. The van der Waals surface area contributed by atoms with E-state index >= 15 is 0 Å². The van der Waals surface area contributed by atoms with Crippen LogP contribution in [0.15, 0.2) is 72.4 Å². The number of hydrogen-bond acceptors (Lipinski definition) is 5. The first-order valence-electron chi connectivity index (χ1n) is 11.4. The molecule has 35 heavy (non-hydrogen) atoms. The van der Waals surface area contributed by atoms with Gasteiger partial charge in [-0.05, 0) is 60.9 Å². The summed E-state index contributed by atoms with van der Waals surface area (Å²) < 4.78 is 19.8. The fourth-order valence-corrected chi connectivity index (χ4v) is 4.24. The second kappa shape index (κ2) is 9.33. The Kier molecular flexibility index (Phi) is 6.43. The molecule has 0 spiro atoms. The smallest absolute Gasteiger partial charge is 0.300 e. The minimum absolute atomic E-state index is 0.109. The van der Waals surface area contributed by atoms with Crippen LogP contribution < -0.4 is 9.64 Å². The van der Waals surface area contributed by atoms with E-state index < -0.39 is 23.5 Å². The minimum Gasteiger partial charge on any atom is -0.507 e. The van der Waals surface area contributed by atoms with Gasteiger partial charge in [0, 0.05) is 23.0 Å². The molecule has 1 aromatic heterocycles. The molecule has 180 valence electrons. The predicted octanol–water partition coefficient (Wildman–Crippen LogP) is 5.54. The fraction of sp³-hybridized carbons (Fsp3) is 0.250. The molecule has 0 bridgehead atoms. The van der Waals surface area contributed by atoms with Crippen molar-refractivity contribution in [3.63, 3.8) is 0 Å². The van der Waals surface area contributed by atoms with Crippen LogP contribution in [-0.4, -0.2) is 28.4 Å². The molecule has 3 aromatic rings. The summed E-state index contributed by atoms with van der Waals surface area (Å²) in [6, 6.07) is 14.7. The molecule has 1 saturated heterocycles. The molecule has 1 amide bonds. The lowest BCUT2D eigenvalue weighted by molar-refractivity contribution is -0.132. The highest BCUT2D eigenvalue weighted by molar-refractivity contribution is 6.51. The number of pyridine rings is 1. The zero-order valence-corrected chi connectivity index (χ0v) is 20.1. The Morgan fingerprint density at radius 3 is 2.49 bits per heavy atom. The third-order valence-corrected chi connectivity index (χ3v) is 5.86. The zero-order valence-electron chi connectivity index (χ0n) is 20.1. The lowest BCUT2D eigenvalue weighted by atomic mass is 9.84. The Morgan fingerprint density at radius 1 is 1.09 bits per heavy atom. The first-order chi connectivity index (χ1) is 16.6. The molecule has 1 aliphatic rings. The van der Waals surface area contributed by atoms with Crippen molar-refractivity contribution in [3.05, 3.63) is 95.1 Å². The molecule has 0 aliphatic carbocycles. The summed E-state index contributed by atoms with van der Waals surface area (Å²) in [5, 5.41) is 11.4. The SMILES string of the molecule is CCOc1ccc(/C(O)=C2/C(=O)C(=O)N(c3cccc(F)c3)C2c2ccccn2)cc1C(C)(C)C. The van der Waals surface area contributed by atoms with Crippen LogP contribution in [0.25, 0.3) is 5.76 Å². The number of benzene rings is 2. The van der Waals surface area contributed by atoms with Crippen LogP contribution in [0.1, 0.15) is 50.6 Å². The number of nitrogens with zero attached hydrogens (tertiary/aromatic N) is 2. The second-order valence-electron chi connectivity index (χ2n) is 9.30. The maximum Gasteiger partial charge on any atom is 0.300 e. The topological polar surface area (TPSA) is 79.7 Å². The van der Waals surface area contributed by atoms with Gasteiger partial charge in [-0.3, -0.25) is 19.5 Å². The Balaban J connectivity index is 1.94. The molecule has 4 rings (SSSR count). The van der Waals surface area contributed by atoms with Gasteiger partial charge in [0.05, 0.1) is 17.9 Å². The number of anilines is 1. The molecule has 2 aromatic carbocycles. The van der Waals surface area contributed by atoms with E-state index in [1.807, 2.05) is 27.7 Å². The second-order valence-corrected chi connectivity index (χ2v) is 9.30. The molecule has 1 fully saturated rings. The van der Waals surface area contributed by atoms with Crippen molar-refractivity contribution in [1.82, 2.24) is 4.98 Å². The Morgan fingerprint density at radius 2 is 1.86 bits per heavy atom. The zero-order chi connectivity index (χ0) is 25.3. The van der Waals surface area contributed by atoms with Gasteiger partial charge in [0.2, 0.25) is 0 Å². The standard InChI is InChI=1S/C28H27FN2O4/c1-5-35-22-13-12-17(15-20(22)28(2,3)4)25(32)23-24(21-11-6-7-14-30-21)31(27(34)26(23)33)19-10-8-9-18(29)16-19/h6-16,24,32H,5H2,1-4H3/b25-23-. The van der Waals surface area contributed by atoms with E-state index in [4.69, 9.17) is 4.74 Å². The van der Waals surface area contributed by atoms with Gasteiger partial charge in [-0.2, -0.15) is 0 Å². The number of hydrogen-bond donors (Lipinski definition) is 1. The van der Waals surface area contributed by atoms with Crippen molar-refractivity contribution in [2.45, 2.75) is 39.2 Å². The number of aromatic nitrogens is 1. The van der Waals surface area contributed by atoms with E-state index in [-0.39, 0.29) is 22.4 Å². The van der Waals surface area contributed by atoms with Gasteiger partial charge in [0.1, 0.15) is 23.4 Å². The Hall–Kier alpha value is -4.00. The fourth-order valence-electron chi connectivity index (χ4n) is 4.24. The highest BCUT2D eigenvalue weighted by Crippen LogP contribution is 2.42. The van der Waals surface area contributed by atoms with Gasteiger partial charge in [0.15, 0.2) is 0 Å². The van der Waals surface area contributed by atoms with Gasteiger partial charge in [0.25, 0.3) is 11.7 Å². The minimum atomic E-state index is -1.03. The molecule has 0 radical (unpaired) electrons. The van der Waals surface area contributed by atoms with Crippen LogP contribution in [0, 0.1) is 5.82 Å². The highest BCUT2D eigenvalue weighted by Gasteiger charge is 2.47. The number of ether oxygens (including phenoxy) is 1. The summed E-state index contributed by atoms with van der Waals surface area (Å²) in [7, 11) is 0. The van der Waals surface area contributed by atoms with Crippen molar-refractivity contribution < 1.29 is 23.8 Å². The van der Waals surface area contributed by atoms with Gasteiger partial charge < -0.3 is 9.84 Å². The van der Waals surface area contributed by atoms with E-state index in [1.165, 1.54) is 29.3 Å². The van der Waals surface area contributed by atoms with Gasteiger partial charge >= 0.3 is 0 Å². The summed E-state index contributed by atoms with van der Waals surface area (Å²) in [4.78, 5) is 32.0. The largest absolute Gasteiger partial charge is 0.507 e. The molecule has 0 saturated carbocycles. The Labute approximate surface area is 203 Å². The molecule has 1 atom stereocenters. The van der Waals surface area contributed by atoms with Crippen molar-refractivity contribution in [3.8, 4) is 5.75 Å². The van der Waals surface area contributed by atoms with Crippen molar-refractivity contribution in [1.29, 1.82) is 0 Å². The van der Waals surface area contributed by atoms with Crippen molar-refractivity contribution in [2.24, 2.45) is 0 Å².